The van der Waals surface area contributed by atoms with E-state index in [1.165, 1.54) is 0 Å². The zero-order valence-electron chi connectivity index (χ0n) is 20.2. The van der Waals surface area contributed by atoms with Gasteiger partial charge in [0.05, 0.1) is 36.2 Å². The molecule has 1 amide bonds. The summed E-state index contributed by atoms with van der Waals surface area (Å²) in [6.45, 7) is 1.78. The topological polar surface area (TPSA) is 116 Å². The van der Waals surface area contributed by atoms with Crippen LogP contribution in [-0.4, -0.2) is 40.4 Å². The van der Waals surface area contributed by atoms with Crippen LogP contribution >= 0.6 is 0 Å². The molecule has 0 spiro atoms. The lowest BCUT2D eigenvalue weighted by atomic mass is 9.99. The highest BCUT2D eigenvalue weighted by Gasteiger charge is 2.17. The number of fused-ring (bicyclic) bond motifs is 1. The maximum absolute atomic E-state index is 12.4. The summed E-state index contributed by atoms with van der Waals surface area (Å²) in [5, 5.41) is 15.5. The van der Waals surface area contributed by atoms with Gasteiger partial charge < -0.3 is 9.84 Å². The molecule has 0 fully saturated rings. The summed E-state index contributed by atoms with van der Waals surface area (Å²) in [6.07, 6.45) is 12.9. The van der Waals surface area contributed by atoms with Crippen LogP contribution in [0.25, 0.3) is 39.0 Å². The van der Waals surface area contributed by atoms with Crippen LogP contribution < -0.4 is 5.32 Å². The molecule has 5 heterocycles. The van der Waals surface area contributed by atoms with Crippen LogP contribution in [0.3, 0.4) is 0 Å². The molecule has 5 aromatic heterocycles. The fraction of sp³-hybridized carbons (Fsp3) is 0.111. The number of hydrogen-bond acceptors (Lipinski definition) is 7. The van der Waals surface area contributed by atoms with E-state index in [0.29, 0.717) is 11.6 Å². The number of aryl methyl sites for hydroxylation is 2. The molecule has 6 rings (SSSR count). The monoisotopic (exact) mass is 490 g/mol. The Bertz CT molecular complexity index is 1710. The number of hydrogen-bond donors (Lipinski definition) is 1. The smallest absolute Gasteiger partial charge is 0.230 e. The summed E-state index contributed by atoms with van der Waals surface area (Å²) < 4.78 is 8.63. The first-order chi connectivity index (χ1) is 18.0. The van der Waals surface area contributed by atoms with Crippen molar-refractivity contribution in [1.82, 2.24) is 34.5 Å². The van der Waals surface area contributed by atoms with Crippen molar-refractivity contribution in [2.45, 2.75) is 13.3 Å². The summed E-state index contributed by atoms with van der Waals surface area (Å²) in [5.74, 6) is 0.888. The van der Waals surface area contributed by atoms with Crippen molar-refractivity contribution >= 4 is 17.2 Å². The average molecular weight is 491 g/mol. The number of amides is 1. The molecule has 10 heteroatoms. The van der Waals surface area contributed by atoms with E-state index >= 15 is 0 Å². The molecule has 0 aliphatic carbocycles. The van der Waals surface area contributed by atoms with Gasteiger partial charge in [-0.25, -0.2) is 4.52 Å². The lowest BCUT2D eigenvalue weighted by Gasteiger charge is -2.10. The first-order valence-electron chi connectivity index (χ1n) is 11.6. The van der Waals surface area contributed by atoms with Crippen molar-refractivity contribution in [3.05, 3.63) is 91.1 Å². The Balaban J connectivity index is 1.35. The fourth-order valence-electron chi connectivity index (χ4n) is 4.29. The number of nitrogens with zero attached hydrogens (tertiary/aromatic N) is 7. The quantitative estimate of drug-likeness (QED) is 0.369. The van der Waals surface area contributed by atoms with Gasteiger partial charge in [-0.3, -0.25) is 19.4 Å². The van der Waals surface area contributed by atoms with Crippen LogP contribution in [0.4, 0.5) is 5.82 Å². The molecule has 37 heavy (non-hydrogen) atoms. The predicted molar refractivity (Wildman–Crippen MR) is 137 cm³/mol. The molecule has 1 aromatic carbocycles. The summed E-state index contributed by atoms with van der Waals surface area (Å²) >= 11 is 0. The van der Waals surface area contributed by atoms with Crippen molar-refractivity contribution in [3.8, 4) is 33.5 Å². The van der Waals surface area contributed by atoms with Gasteiger partial charge in [0.1, 0.15) is 5.76 Å². The molecule has 0 bridgehead atoms. The van der Waals surface area contributed by atoms with E-state index in [2.05, 4.69) is 36.7 Å². The largest absolute Gasteiger partial charge is 0.360 e. The van der Waals surface area contributed by atoms with Crippen molar-refractivity contribution in [2.24, 2.45) is 7.05 Å². The van der Waals surface area contributed by atoms with Gasteiger partial charge in [-0.05, 0) is 24.1 Å². The highest BCUT2D eigenvalue weighted by atomic mass is 16.5. The lowest BCUT2D eigenvalue weighted by Crippen LogP contribution is -2.14. The van der Waals surface area contributed by atoms with Gasteiger partial charge in [-0.1, -0.05) is 29.4 Å². The third-order valence-electron chi connectivity index (χ3n) is 6.01. The molecule has 182 valence electrons. The second kappa shape index (κ2) is 9.15. The second-order valence-electron chi connectivity index (χ2n) is 8.73. The van der Waals surface area contributed by atoms with Gasteiger partial charge in [0.2, 0.25) is 5.91 Å². The van der Waals surface area contributed by atoms with Gasteiger partial charge in [0, 0.05) is 60.2 Å². The van der Waals surface area contributed by atoms with Gasteiger partial charge in [0.25, 0.3) is 0 Å². The van der Waals surface area contributed by atoms with Gasteiger partial charge in [-0.2, -0.15) is 10.2 Å². The van der Waals surface area contributed by atoms with Crippen molar-refractivity contribution in [1.29, 1.82) is 0 Å². The SMILES string of the molecule is Cc1cc(NC(=O)Cc2ccc(-c3cnn4cc(-c5cnn(C)c5)cc(-c5cnccn5)c34)cc2)no1. The number of carbonyl (C=O) groups is 1. The number of aromatic nitrogens is 7. The lowest BCUT2D eigenvalue weighted by molar-refractivity contribution is -0.115. The molecular formula is C27H22N8O2. The van der Waals surface area contributed by atoms with Crippen LogP contribution in [0.15, 0.2) is 84.3 Å². The number of rotatable bonds is 6. The predicted octanol–water partition coefficient (Wildman–Crippen LogP) is 4.34. The zero-order chi connectivity index (χ0) is 25.4. The van der Waals surface area contributed by atoms with Crippen LogP contribution in [0, 0.1) is 6.92 Å². The van der Waals surface area contributed by atoms with E-state index in [9.17, 15) is 4.79 Å². The molecule has 0 aliphatic rings. The number of nitrogens with one attached hydrogen (secondary N) is 1. The Labute approximate surface area is 211 Å². The number of pyridine rings is 1. The van der Waals surface area contributed by atoms with Crippen LogP contribution in [0.2, 0.25) is 0 Å². The maximum Gasteiger partial charge on any atom is 0.230 e. The van der Waals surface area contributed by atoms with Crippen molar-refractivity contribution in [2.75, 3.05) is 5.32 Å². The molecule has 0 radical (unpaired) electrons. The molecule has 0 saturated heterocycles. The highest BCUT2D eigenvalue weighted by molar-refractivity contribution is 5.94. The second-order valence-corrected chi connectivity index (χ2v) is 8.73. The van der Waals surface area contributed by atoms with E-state index in [1.54, 1.807) is 36.3 Å². The Morgan fingerprint density at radius 3 is 2.51 bits per heavy atom. The molecule has 10 nitrogen and oxygen atoms in total. The summed E-state index contributed by atoms with van der Waals surface area (Å²) in [7, 11) is 1.89. The summed E-state index contributed by atoms with van der Waals surface area (Å²) in [6, 6.07) is 11.6. The minimum Gasteiger partial charge on any atom is -0.360 e. The van der Waals surface area contributed by atoms with Gasteiger partial charge in [0.15, 0.2) is 5.82 Å². The Morgan fingerprint density at radius 2 is 1.81 bits per heavy atom. The van der Waals surface area contributed by atoms with Crippen LogP contribution in [0.5, 0.6) is 0 Å². The third-order valence-corrected chi connectivity index (χ3v) is 6.01. The number of anilines is 1. The minimum atomic E-state index is -0.162. The minimum absolute atomic E-state index is 0.162. The summed E-state index contributed by atoms with van der Waals surface area (Å²) in [4.78, 5) is 21.2. The molecule has 1 N–H and O–H groups in total. The zero-order valence-corrected chi connectivity index (χ0v) is 20.2. The van der Waals surface area contributed by atoms with Crippen LogP contribution in [-0.2, 0) is 18.3 Å². The normalized spacial score (nSPS) is 11.2. The van der Waals surface area contributed by atoms with E-state index < -0.39 is 0 Å². The molecular weight excluding hydrogens is 468 g/mol. The molecule has 0 unspecified atom stereocenters. The summed E-state index contributed by atoms with van der Waals surface area (Å²) in [5.41, 5.74) is 7.34. The molecule has 0 atom stereocenters. The van der Waals surface area contributed by atoms with Gasteiger partial charge >= 0.3 is 0 Å². The number of benzene rings is 1. The highest BCUT2D eigenvalue weighted by Crippen LogP contribution is 2.35. The van der Waals surface area contributed by atoms with E-state index in [1.807, 2.05) is 60.6 Å². The van der Waals surface area contributed by atoms with Gasteiger partial charge in [-0.15, -0.1) is 0 Å². The molecule has 0 saturated carbocycles. The maximum atomic E-state index is 12.4. The standard InChI is InChI=1S/C27H22N8O2/c1-17-9-25(33-37-17)32-26(36)10-18-3-5-19(6-4-18)23-13-31-35-16-20(21-12-30-34(2)15-21)11-22(27(23)35)24-14-28-7-8-29-24/h3-9,11-16H,10H2,1-2H3,(H,32,33,36). The average Bonchev–Trinajstić information content (AvgIpc) is 3.64. The fourth-order valence-corrected chi connectivity index (χ4v) is 4.29. The van der Waals surface area contributed by atoms with E-state index in [4.69, 9.17) is 4.52 Å². The Hall–Kier alpha value is -5.12. The van der Waals surface area contributed by atoms with Crippen LogP contribution in [0.1, 0.15) is 11.3 Å². The Morgan fingerprint density at radius 1 is 0.946 bits per heavy atom. The van der Waals surface area contributed by atoms with Crippen molar-refractivity contribution < 1.29 is 9.32 Å². The first kappa shape index (κ1) is 22.4. The Kier molecular flexibility index (Phi) is 5.53. The van der Waals surface area contributed by atoms with E-state index in [0.717, 1.165) is 44.6 Å². The molecule has 6 aromatic rings. The number of carbonyl (C=O) groups excluding carboxylic acids is 1. The molecule has 0 aliphatic heterocycles. The van der Waals surface area contributed by atoms with Crippen molar-refractivity contribution in [3.63, 3.8) is 0 Å². The first-order valence-corrected chi connectivity index (χ1v) is 11.6. The van der Waals surface area contributed by atoms with E-state index in [-0.39, 0.29) is 12.3 Å². The third kappa shape index (κ3) is 4.47.